The summed E-state index contributed by atoms with van der Waals surface area (Å²) in [7, 11) is 2.00. The summed E-state index contributed by atoms with van der Waals surface area (Å²) in [6.07, 6.45) is 1.83. The molecule has 0 amide bonds. The van der Waals surface area contributed by atoms with Gasteiger partial charge < -0.3 is 4.42 Å². The molecule has 0 fully saturated rings. The number of nitrogens with zero attached hydrogens (tertiary/aromatic N) is 3. The molecule has 0 atom stereocenters. The van der Waals surface area contributed by atoms with Crippen molar-refractivity contribution in [1.82, 2.24) is 4.98 Å². The van der Waals surface area contributed by atoms with Gasteiger partial charge in [-0.1, -0.05) is 36.4 Å². The lowest BCUT2D eigenvalue weighted by molar-refractivity contribution is -0.662. The van der Waals surface area contributed by atoms with E-state index in [-0.39, 0.29) is 0 Å². The zero-order valence-electron chi connectivity index (χ0n) is 15.0. The quantitative estimate of drug-likeness (QED) is 0.408. The maximum atomic E-state index is 9.46. The lowest BCUT2D eigenvalue weighted by Crippen LogP contribution is -2.31. The highest BCUT2D eigenvalue weighted by atomic mass is 16.3. The maximum absolute atomic E-state index is 9.46. The van der Waals surface area contributed by atoms with E-state index < -0.39 is 0 Å². The topological polar surface area (TPSA) is 53.7 Å². The van der Waals surface area contributed by atoms with Gasteiger partial charge in [-0.25, -0.2) is 4.57 Å². The molecule has 5 aromatic rings. The van der Waals surface area contributed by atoms with Crippen LogP contribution in [-0.2, 0) is 7.05 Å². The Morgan fingerprint density at radius 2 is 1.70 bits per heavy atom. The highest BCUT2D eigenvalue weighted by Gasteiger charge is 2.22. The highest BCUT2D eigenvalue weighted by molar-refractivity contribution is 6.12. The molecule has 5 rings (SSSR count). The molecule has 2 heterocycles. The van der Waals surface area contributed by atoms with Crippen molar-refractivity contribution in [3.63, 3.8) is 0 Å². The smallest absolute Gasteiger partial charge is 0.287 e. The second-order valence-corrected chi connectivity index (χ2v) is 6.75. The SMILES string of the molecule is Cc1ccc2c(oc3c(C#N)cccc32)c1-c1c2ccccc2nc[n+]1C. The van der Waals surface area contributed by atoms with Crippen molar-refractivity contribution >= 4 is 32.8 Å². The van der Waals surface area contributed by atoms with Crippen LogP contribution < -0.4 is 4.57 Å². The fourth-order valence-electron chi connectivity index (χ4n) is 3.84. The first-order valence-electron chi connectivity index (χ1n) is 8.77. The predicted molar refractivity (Wildman–Crippen MR) is 105 cm³/mol. The van der Waals surface area contributed by atoms with Crippen LogP contribution in [0.2, 0.25) is 0 Å². The molecule has 4 nitrogen and oxygen atoms in total. The number of hydrogen-bond acceptors (Lipinski definition) is 3. The van der Waals surface area contributed by atoms with Crippen LogP contribution in [-0.4, -0.2) is 4.98 Å². The molecule has 27 heavy (non-hydrogen) atoms. The van der Waals surface area contributed by atoms with E-state index in [1.54, 1.807) is 6.07 Å². The number of fused-ring (bicyclic) bond motifs is 4. The molecule has 0 saturated heterocycles. The summed E-state index contributed by atoms with van der Waals surface area (Å²) in [6, 6.07) is 20.2. The Balaban J connectivity index is 2.00. The maximum Gasteiger partial charge on any atom is 0.287 e. The average molecular weight is 350 g/mol. The van der Waals surface area contributed by atoms with Gasteiger partial charge in [-0.05, 0) is 35.7 Å². The second kappa shape index (κ2) is 5.65. The van der Waals surface area contributed by atoms with E-state index in [1.165, 1.54) is 0 Å². The first-order valence-corrected chi connectivity index (χ1v) is 8.77. The number of aromatic nitrogens is 2. The predicted octanol–water partition coefficient (Wildman–Crippen LogP) is 4.81. The van der Waals surface area contributed by atoms with Gasteiger partial charge in [0.15, 0.2) is 11.1 Å². The molecule has 128 valence electrons. The first kappa shape index (κ1) is 15.5. The van der Waals surface area contributed by atoms with E-state index in [1.807, 2.05) is 48.3 Å². The third kappa shape index (κ3) is 2.15. The van der Waals surface area contributed by atoms with Crippen molar-refractivity contribution in [1.29, 1.82) is 5.26 Å². The Morgan fingerprint density at radius 3 is 2.56 bits per heavy atom. The number of hydrogen-bond donors (Lipinski definition) is 0. The Morgan fingerprint density at radius 1 is 0.926 bits per heavy atom. The molecule has 2 aromatic heterocycles. The Hall–Kier alpha value is -3.71. The van der Waals surface area contributed by atoms with Crippen molar-refractivity contribution in [3.8, 4) is 17.3 Å². The van der Waals surface area contributed by atoms with Crippen molar-refractivity contribution < 1.29 is 8.98 Å². The summed E-state index contributed by atoms with van der Waals surface area (Å²) in [6.45, 7) is 2.09. The Labute approximate surface area is 155 Å². The molecule has 0 aliphatic carbocycles. The van der Waals surface area contributed by atoms with Crippen LogP contribution in [0.4, 0.5) is 0 Å². The van der Waals surface area contributed by atoms with Crippen LogP contribution in [0, 0.1) is 18.3 Å². The molecule has 0 bridgehead atoms. The summed E-state index contributed by atoms with van der Waals surface area (Å²) in [5.74, 6) is 0. The molecule has 0 unspecified atom stereocenters. The molecule has 0 N–H and O–H groups in total. The minimum atomic E-state index is 0.552. The van der Waals surface area contributed by atoms with Crippen LogP contribution in [0.15, 0.2) is 65.3 Å². The molecular formula is C23H16N3O+. The lowest BCUT2D eigenvalue weighted by Gasteiger charge is -2.09. The number of benzene rings is 3. The van der Waals surface area contributed by atoms with E-state index in [0.717, 1.165) is 44.1 Å². The summed E-state index contributed by atoms with van der Waals surface area (Å²) in [5, 5.41) is 12.5. The van der Waals surface area contributed by atoms with Crippen molar-refractivity contribution in [2.45, 2.75) is 6.92 Å². The fourth-order valence-corrected chi connectivity index (χ4v) is 3.84. The van der Waals surface area contributed by atoms with Gasteiger partial charge in [0.2, 0.25) is 0 Å². The van der Waals surface area contributed by atoms with E-state index in [4.69, 9.17) is 4.42 Å². The summed E-state index contributed by atoms with van der Waals surface area (Å²) in [5.41, 5.74) is 6.15. The molecule has 4 heteroatoms. The van der Waals surface area contributed by atoms with Gasteiger partial charge >= 0.3 is 0 Å². The second-order valence-electron chi connectivity index (χ2n) is 6.75. The third-order valence-electron chi connectivity index (χ3n) is 5.11. The number of nitriles is 1. The summed E-state index contributed by atoms with van der Waals surface area (Å²) >= 11 is 0. The Kier molecular flexibility index (Phi) is 3.25. The van der Waals surface area contributed by atoms with Crippen molar-refractivity contribution in [3.05, 3.63) is 72.1 Å². The molecule has 0 radical (unpaired) electrons. The normalized spacial score (nSPS) is 11.3. The molecule has 0 aliphatic heterocycles. The average Bonchev–Trinajstić information content (AvgIpc) is 3.07. The largest absolute Gasteiger partial charge is 0.454 e. The number of aryl methyl sites for hydroxylation is 2. The van der Waals surface area contributed by atoms with Crippen molar-refractivity contribution in [2.24, 2.45) is 7.05 Å². The van der Waals surface area contributed by atoms with Gasteiger partial charge in [-0.15, -0.1) is 0 Å². The number of para-hydroxylation sites is 2. The molecular weight excluding hydrogens is 334 g/mol. The minimum Gasteiger partial charge on any atom is -0.454 e. The molecule has 0 aliphatic rings. The standard InChI is InChI=1S/C23H16N3O/c1-14-10-11-17-16-8-5-6-15(12-24)22(16)27-23(17)20(14)21-18-7-3-4-9-19(18)25-13-26(21)2/h3-11,13H,1-2H3/q+1. The van der Waals surface area contributed by atoms with Crippen molar-refractivity contribution in [2.75, 3.05) is 0 Å². The van der Waals surface area contributed by atoms with E-state index >= 15 is 0 Å². The summed E-state index contributed by atoms with van der Waals surface area (Å²) < 4.78 is 8.32. The Bertz CT molecular complexity index is 1410. The number of rotatable bonds is 1. The van der Waals surface area contributed by atoms with Crippen LogP contribution >= 0.6 is 0 Å². The van der Waals surface area contributed by atoms with E-state index in [0.29, 0.717) is 11.1 Å². The van der Waals surface area contributed by atoms with Crippen LogP contribution in [0.1, 0.15) is 11.1 Å². The zero-order valence-corrected chi connectivity index (χ0v) is 15.0. The third-order valence-corrected chi connectivity index (χ3v) is 5.11. The lowest BCUT2D eigenvalue weighted by atomic mass is 9.98. The molecule has 0 spiro atoms. The number of furan rings is 1. The monoisotopic (exact) mass is 350 g/mol. The van der Waals surface area contributed by atoms with Gasteiger partial charge in [0.25, 0.3) is 6.33 Å². The minimum absolute atomic E-state index is 0.552. The molecule has 3 aromatic carbocycles. The van der Waals surface area contributed by atoms with Crippen LogP contribution in [0.25, 0.3) is 44.1 Å². The van der Waals surface area contributed by atoms with Gasteiger partial charge in [-0.3, -0.25) is 0 Å². The molecule has 0 saturated carbocycles. The van der Waals surface area contributed by atoms with Gasteiger partial charge in [0.1, 0.15) is 17.3 Å². The summed E-state index contributed by atoms with van der Waals surface area (Å²) in [4.78, 5) is 4.54. The van der Waals surface area contributed by atoms with Crippen LogP contribution in [0.5, 0.6) is 0 Å². The van der Waals surface area contributed by atoms with Crippen LogP contribution in [0.3, 0.4) is 0 Å². The van der Waals surface area contributed by atoms with E-state index in [9.17, 15) is 5.26 Å². The van der Waals surface area contributed by atoms with Gasteiger partial charge in [-0.2, -0.15) is 5.26 Å². The highest BCUT2D eigenvalue weighted by Crippen LogP contribution is 2.39. The first-order chi connectivity index (χ1) is 13.2. The van der Waals surface area contributed by atoms with Gasteiger partial charge in [0.05, 0.1) is 23.6 Å². The zero-order chi connectivity index (χ0) is 18.5. The van der Waals surface area contributed by atoms with E-state index in [2.05, 4.69) is 36.2 Å². The fraction of sp³-hybridized carbons (Fsp3) is 0.0870. The van der Waals surface area contributed by atoms with Gasteiger partial charge in [0, 0.05) is 10.8 Å².